The molecular weight excluding hydrogens is 213 g/mol. The lowest BCUT2D eigenvalue weighted by molar-refractivity contribution is -0.0954. The molecule has 1 aromatic rings. The summed E-state index contributed by atoms with van der Waals surface area (Å²) in [6.07, 6.45) is -4.46. The lowest BCUT2D eigenvalue weighted by Crippen LogP contribution is -2.23. The van der Waals surface area contributed by atoms with E-state index in [9.17, 15) is 13.2 Å². The van der Waals surface area contributed by atoms with E-state index in [1.54, 1.807) is 6.92 Å². The number of halogens is 3. The molecule has 2 N–H and O–H groups in total. The zero-order valence-electron chi connectivity index (χ0n) is 7.43. The molecule has 1 heterocycles. The van der Waals surface area contributed by atoms with Crippen molar-refractivity contribution >= 4 is 11.3 Å². The van der Waals surface area contributed by atoms with Gasteiger partial charge < -0.3 is 5.73 Å². The summed E-state index contributed by atoms with van der Waals surface area (Å²) in [5, 5.41) is 2.20. The normalized spacial score (nSPS) is 14.1. The summed E-state index contributed by atoms with van der Waals surface area (Å²) in [4.78, 5) is 3.88. The number of alkyl halides is 3. The van der Waals surface area contributed by atoms with E-state index in [4.69, 9.17) is 5.73 Å². The second-order valence-corrected chi connectivity index (χ2v) is 3.85. The molecule has 0 bridgehead atoms. The van der Waals surface area contributed by atoms with Crippen LogP contribution < -0.4 is 5.73 Å². The second kappa shape index (κ2) is 3.70. The number of hydrogen-bond donors (Lipinski definition) is 1. The Labute approximate surface area is 83.3 Å². The number of hydrogen-bond acceptors (Lipinski definition) is 3. The maximum Gasteiger partial charge on any atom is 0.414 e. The predicted octanol–water partition coefficient (Wildman–Crippen LogP) is 2.57. The summed E-state index contributed by atoms with van der Waals surface area (Å²) in [5.41, 5.74) is 4.61. The van der Waals surface area contributed by atoms with Crippen LogP contribution in [0.4, 0.5) is 13.2 Å². The largest absolute Gasteiger partial charge is 0.414 e. The monoisotopic (exact) mass is 222 g/mol. The highest BCUT2D eigenvalue weighted by molar-refractivity contribution is 7.09. The summed E-state index contributed by atoms with van der Waals surface area (Å²) >= 11 is 1.26. The summed E-state index contributed by atoms with van der Waals surface area (Å²) in [5.74, 6) is 0. The fourth-order valence-corrected chi connectivity index (χ4v) is 1.53. The first-order valence-electron chi connectivity index (χ1n) is 3.76. The smallest absolute Gasteiger partial charge is 0.319 e. The highest BCUT2D eigenvalue weighted by Crippen LogP contribution is 2.32. The molecule has 1 rings (SSSR count). The number of rotatable bonds is 2. The molecule has 0 saturated heterocycles. The molecule has 0 fully saturated rings. The van der Waals surface area contributed by atoms with Gasteiger partial charge in [-0.15, -0.1) is 11.3 Å². The first-order valence-corrected chi connectivity index (χ1v) is 4.64. The number of thiazole rings is 1. The topological polar surface area (TPSA) is 38.9 Å². The molecule has 2 nitrogen and oxygen atoms in total. The van der Waals surface area contributed by atoms with Crippen LogP contribution in [-0.4, -0.2) is 11.2 Å². The van der Waals surface area contributed by atoms with Crippen molar-refractivity contribution in [1.29, 1.82) is 0 Å². The van der Waals surface area contributed by atoms with E-state index in [-0.39, 0.29) is 5.69 Å². The van der Waals surface area contributed by atoms with Crippen molar-refractivity contribution in [2.45, 2.75) is 19.1 Å². The lowest BCUT2D eigenvalue weighted by atomic mass is 10.1. The molecule has 1 unspecified atom stereocenters. The van der Waals surface area contributed by atoms with Crippen LogP contribution in [0, 0.1) is 6.92 Å². The molecule has 0 aromatic carbocycles. The maximum atomic E-state index is 12.2. The second-order valence-electron chi connectivity index (χ2n) is 2.79. The van der Waals surface area contributed by atoms with Crippen LogP contribution in [0.25, 0.3) is 0 Å². The summed E-state index contributed by atoms with van der Waals surface area (Å²) in [6.45, 7) is 4.63. The third kappa shape index (κ3) is 2.33. The fourth-order valence-electron chi connectivity index (χ4n) is 0.878. The molecule has 1 atom stereocenters. The lowest BCUT2D eigenvalue weighted by Gasteiger charge is -2.15. The van der Waals surface area contributed by atoms with E-state index < -0.39 is 17.8 Å². The molecule has 0 radical (unpaired) electrons. The minimum atomic E-state index is -4.46. The van der Waals surface area contributed by atoms with Crippen molar-refractivity contribution in [2.24, 2.45) is 5.73 Å². The van der Waals surface area contributed by atoms with E-state index in [0.29, 0.717) is 5.01 Å². The summed E-state index contributed by atoms with van der Waals surface area (Å²) in [6, 6.07) is -1.26. The Morgan fingerprint density at radius 2 is 2.21 bits per heavy atom. The van der Waals surface area contributed by atoms with E-state index in [1.807, 2.05) is 0 Å². The van der Waals surface area contributed by atoms with Gasteiger partial charge in [0.05, 0.1) is 16.7 Å². The van der Waals surface area contributed by atoms with Crippen molar-refractivity contribution in [3.63, 3.8) is 0 Å². The molecule has 1 aromatic heterocycles. The zero-order valence-corrected chi connectivity index (χ0v) is 8.25. The first-order chi connectivity index (χ1) is 6.32. The summed E-state index contributed by atoms with van der Waals surface area (Å²) < 4.78 is 36.6. The van der Waals surface area contributed by atoms with Gasteiger partial charge in [0.15, 0.2) is 0 Å². The van der Waals surface area contributed by atoms with Gasteiger partial charge >= 0.3 is 6.18 Å². The fraction of sp³-hybridized carbons (Fsp3) is 0.375. The number of nitrogens with two attached hydrogens (primary N) is 1. The van der Waals surface area contributed by atoms with Crippen LogP contribution >= 0.6 is 11.3 Å². The van der Waals surface area contributed by atoms with Crippen LogP contribution in [-0.2, 0) is 0 Å². The highest BCUT2D eigenvalue weighted by Gasteiger charge is 2.36. The van der Waals surface area contributed by atoms with E-state index in [2.05, 4.69) is 11.6 Å². The van der Waals surface area contributed by atoms with Gasteiger partial charge in [0.2, 0.25) is 0 Å². The van der Waals surface area contributed by atoms with Crippen LogP contribution in [0.5, 0.6) is 0 Å². The van der Waals surface area contributed by atoms with Crippen LogP contribution in [0.2, 0.25) is 0 Å². The molecule has 0 aliphatic carbocycles. The Morgan fingerprint density at radius 3 is 2.57 bits per heavy atom. The Bertz CT molecular complexity index is 343. The molecule has 0 aliphatic rings. The maximum absolute atomic E-state index is 12.2. The highest BCUT2D eigenvalue weighted by atomic mass is 32.1. The van der Waals surface area contributed by atoms with Crippen molar-refractivity contribution in [3.8, 4) is 0 Å². The third-order valence-electron chi connectivity index (χ3n) is 1.69. The van der Waals surface area contributed by atoms with Gasteiger partial charge in [0.1, 0.15) is 0 Å². The summed E-state index contributed by atoms with van der Waals surface area (Å²) in [7, 11) is 0. The zero-order chi connectivity index (χ0) is 10.9. The average molecular weight is 222 g/mol. The van der Waals surface area contributed by atoms with Gasteiger partial charge in [0, 0.05) is 11.0 Å². The van der Waals surface area contributed by atoms with Gasteiger partial charge in [-0.25, -0.2) is 4.98 Å². The van der Waals surface area contributed by atoms with Crippen molar-refractivity contribution in [1.82, 2.24) is 4.98 Å². The molecule has 78 valence electrons. The van der Waals surface area contributed by atoms with Gasteiger partial charge in [-0.2, -0.15) is 13.2 Å². The number of aromatic nitrogens is 1. The van der Waals surface area contributed by atoms with Gasteiger partial charge in [-0.05, 0) is 6.92 Å². The molecule has 0 spiro atoms. The Morgan fingerprint density at radius 1 is 1.64 bits per heavy atom. The average Bonchev–Trinajstić information content (AvgIpc) is 2.47. The first kappa shape index (κ1) is 11.2. The predicted molar refractivity (Wildman–Crippen MR) is 49.0 cm³/mol. The van der Waals surface area contributed by atoms with E-state index >= 15 is 0 Å². The van der Waals surface area contributed by atoms with Crippen molar-refractivity contribution in [3.05, 3.63) is 28.2 Å². The van der Waals surface area contributed by atoms with Crippen molar-refractivity contribution < 1.29 is 13.2 Å². The van der Waals surface area contributed by atoms with Gasteiger partial charge in [0.25, 0.3) is 0 Å². The Kier molecular flexibility index (Phi) is 2.96. The molecule has 0 amide bonds. The number of nitrogens with zero attached hydrogens (tertiary/aromatic N) is 1. The van der Waals surface area contributed by atoms with Crippen LogP contribution in [0.15, 0.2) is 17.5 Å². The van der Waals surface area contributed by atoms with E-state index in [1.165, 1.54) is 16.7 Å². The molecule has 14 heavy (non-hydrogen) atoms. The quantitative estimate of drug-likeness (QED) is 0.781. The Hall–Kier alpha value is -0.880. The van der Waals surface area contributed by atoms with E-state index in [0.717, 1.165) is 0 Å². The molecular formula is C8H9F3N2S. The Balaban J connectivity index is 2.86. The SMILES string of the molecule is C=C(C(N)c1csc(C)n1)C(F)(F)F. The van der Waals surface area contributed by atoms with Crippen LogP contribution in [0.3, 0.4) is 0 Å². The van der Waals surface area contributed by atoms with Crippen molar-refractivity contribution in [2.75, 3.05) is 0 Å². The van der Waals surface area contributed by atoms with Gasteiger partial charge in [-0.3, -0.25) is 0 Å². The minimum absolute atomic E-state index is 0.217. The standard InChI is InChI=1S/C8H9F3N2S/c1-4(8(9,10)11)7(12)6-3-14-5(2)13-6/h3,7H,1,12H2,2H3. The minimum Gasteiger partial charge on any atom is -0.319 e. The van der Waals surface area contributed by atoms with Gasteiger partial charge in [-0.1, -0.05) is 6.58 Å². The molecule has 0 aliphatic heterocycles. The third-order valence-corrected chi connectivity index (χ3v) is 2.49. The number of aryl methyl sites for hydroxylation is 1. The molecule has 0 saturated carbocycles. The van der Waals surface area contributed by atoms with Crippen LogP contribution in [0.1, 0.15) is 16.7 Å². The molecule has 6 heteroatoms.